The minimum atomic E-state index is -0.0299. The van der Waals surface area contributed by atoms with Gasteiger partial charge in [0.05, 0.1) is 20.6 Å². The van der Waals surface area contributed by atoms with Gasteiger partial charge in [-0.1, -0.05) is 30.7 Å². The summed E-state index contributed by atoms with van der Waals surface area (Å²) < 4.78 is 10.7. The standard InChI is InChI=1S/C24H32N2O3/c1-18-8-6-7-13-26(18)17-20-10-5-4-9-19(20)16-25-24(27)15-21-14-22(28-2)11-12-23(21)29-3/h4-5,9-12,14,18H,6-8,13,15-17H2,1-3H3,(H,25,27). The summed E-state index contributed by atoms with van der Waals surface area (Å²) in [5.41, 5.74) is 3.29. The summed E-state index contributed by atoms with van der Waals surface area (Å²) in [6.45, 7) is 4.93. The Bertz CT molecular complexity index is 822. The Morgan fingerprint density at radius 2 is 1.86 bits per heavy atom. The van der Waals surface area contributed by atoms with E-state index in [-0.39, 0.29) is 12.3 Å². The van der Waals surface area contributed by atoms with Crippen LogP contribution in [0.15, 0.2) is 42.5 Å². The Morgan fingerprint density at radius 1 is 1.07 bits per heavy atom. The van der Waals surface area contributed by atoms with Crippen LogP contribution in [0.5, 0.6) is 11.5 Å². The number of hydrogen-bond donors (Lipinski definition) is 1. The van der Waals surface area contributed by atoms with E-state index in [1.165, 1.54) is 30.4 Å². The van der Waals surface area contributed by atoms with E-state index in [0.29, 0.717) is 18.3 Å². The molecule has 2 aromatic rings. The van der Waals surface area contributed by atoms with Gasteiger partial charge >= 0.3 is 0 Å². The first-order valence-electron chi connectivity index (χ1n) is 10.4. The molecule has 0 radical (unpaired) electrons. The van der Waals surface area contributed by atoms with Crippen molar-refractivity contribution in [1.29, 1.82) is 0 Å². The zero-order valence-corrected chi connectivity index (χ0v) is 17.7. The highest BCUT2D eigenvalue weighted by atomic mass is 16.5. The van der Waals surface area contributed by atoms with Crippen LogP contribution >= 0.6 is 0 Å². The molecule has 0 spiro atoms. The molecule has 1 fully saturated rings. The lowest BCUT2D eigenvalue weighted by Gasteiger charge is -2.33. The van der Waals surface area contributed by atoms with Gasteiger partial charge in [-0.05, 0) is 55.6 Å². The van der Waals surface area contributed by atoms with Crippen molar-refractivity contribution in [3.8, 4) is 11.5 Å². The molecule has 5 nitrogen and oxygen atoms in total. The summed E-state index contributed by atoms with van der Waals surface area (Å²) >= 11 is 0. The number of carbonyl (C=O) groups is 1. The average molecular weight is 397 g/mol. The van der Waals surface area contributed by atoms with Crippen molar-refractivity contribution in [2.75, 3.05) is 20.8 Å². The molecule has 1 atom stereocenters. The minimum Gasteiger partial charge on any atom is -0.497 e. The monoisotopic (exact) mass is 396 g/mol. The van der Waals surface area contributed by atoms with Crippen molar-refractivity contribution in [1.82, 2.24) is 10.2 Å². The van der Waals surface area contributed by atoms with E-state index in [4.69, 9.17) is 9.47 Å². The molecular formula is C24H32N2O3. The van der Waals surface area contributed by atoms with Crippen molar-refractivity contribution in [3.05, 3.63) is 59.2 Å². The third-order valence-corrected chi connectivity index (χ3v) is 5.75. The maximum absolute atomic E-state index is 12.6. The summed E-state index contributed by atoms with van der Waals surface area (Å²) in [7, 11) is 3.23. The average Bonchev–Trinajstić information content (AvgIpc) is 2.74. The SMILES string of the molecule is COc1ccc(OC)c(CC(=O)NCc2ccccc2CN2CCCCC2C)c1. The van der Waals surface area contributed by atoms with Gasteiger partial charge < -0.3 is 14.8 Å². The molecule has 0 aliphatic carbocycles. The first-order valence-corrected chi connectivity index (χ1v) is 10.4. The van der Waals surface area contributed by atoms with E-state index in [2.05, 4.69) is 35.3 Å². The van der Waals surface area contributed by atoms with E-state index >= 15 is 0 Å². The molecule has 1 aliphatic rings. The predicted octanol–water partition coefficient (Wildman–Crippen LogP) is 3.94. The first kappa shape index (κ1) is 21.2. The summed E-state index contributed by atoms with van der Waals surface area (Å²) in [5.74, 6) is 1.38. The number of methoxy groups -OCH3 is 2. The fourth-order valence-corrected chi connectivity index (χ4v) is 3.94. The predicted molar refractivity (Wildman–Crippen MR) is 115 cm³/mol. The molecule has 3 rings (SSSR count). The van der Waals surface area contributed by atoms with Crippen LogP contribution in [-0.4, -0.2) is 37.6 Å². The van der Waals surface area contributed by atoms with Crippen molar-refractivity contribution in [2.45, 2.75) is 51.7 Å². The summed E-state index contributed by atoms with van der Waals surface area (Å²) in [6.07, 6.45) is 4.11. The number of hydrogen-bond acceptors (Lipinski definition) is 4. The van der Waals surface area contributed by atoms with Gasteiger partial charge in [0.15, 0.2) is 0 Å². The molecule has 156 valence electrons. The van der Waals surface area contributed by atoms with Gasteiger partial charge in [0.1, 0.15) is 11.5 Å². The number of ether oxygens (including phenoxy) is 2. The van der Waals surface area contributed by atoms with Crippen molar-refractivity contribution in [3.63, 3.8) is 0 Å². The lowest BCUT2D eigenvalue weighted by Crippen LogP contribution is -2.37. The molecule has 0 aromatic heterocycles. The second-order valence-corrected chi connectivity index (χ2v) is 7.72. The van der Waals surface area contributed by atoms with Crippen LogP contribution in [0.1, 0.15) is 42.9 Å². The Balaban J connectivity index is 1.62. The van der Waals surface area contributed by atoms with Crippen LogP contribution in [0, 0.1) is 0 Å². The Morgan fingerprint density at radius 3 is 2.59 bits per heavy atom. The zero-order valence-electron chi connectivity index (χ0n) is 17.7. The molecule has 1 saturated heterocycles. The molecule has 1 N–H and O–H groups in total. The highest BCUT2D eigenvalue weighted by Crippen LogP contribution is 2.24. The maximum Gasteiger partial charge on any atom is 0.224 e. The van der Waals surface area contributed by atoms with Crippen LogP contribution in [0.25, 0.3) is 0 Å². The summed E-state index contributed by atoms with van der Waals surface area (Å²) in [4.78, 5) is 15.1. The normalized spacial score (nSPS) is 17.0. The second-order valence-electron chi connectivity index (χ2n) is 7.72. The molecule has 5 heteroatoms. The van der Waals surface area contributed by atoms with E-state index in [1.807, 2.05) is 24.3 Å². The fraction of sp³-hybridized carbons (Fsp3) is 0.458. The number of piperidine rings is 1. The zero-order chi connectivity index (χ0) is 20.6. The van der Waals surface area contributed by atoms with E-state index in [0.717, 1.165) is 24.4 Å². The molecule has 2 aromatic carbocycles. The van der Waals surface area contributed by atoms with Crippen LogP contribution < -0.4 is 14.8 Å². The van der Waals surface area contributed by atoms with Crippen molar-refractivity contribution >= 4 is 5.91 Å². The molecule has 0 saturated carbocycles. The quantitative estimate of drug-likeness (QED) is 0.734. The third-order valence-electron chi connectivity index (χ3n) is 5.75. The minimum absolute atomic E-state index is 0.0299. The number of likely N-dealkylation sites (tertiary alicyclic amines) is 1. The molecule has 1 heterocycles. The third kappa shape index (κ3) is 5.73. The number of nitrogens with zero attached hydrogens (tertiary/aromatic N) is 1. The van der Waals surface area contributed by atoms with Gasteiger partial charge in [-0.25, -0.2) is 0 Å². The molecule has 1 unspecified atom stereocenters. The maximum atomic E-state index is 12.6. The van der Waals surface area contributed by atoms with Gasteiger partial charge in [-0.2, -0.15) is 0 Å². The summed E-state index contributed by atoms with van der Waals surface area (Å²) in [5, 5.41) is 3.07. The molecular weight excluding hydrogens is 364 g/mol. The van der Waals surface area contributed by atoms with Gasteiger partial charge in [0.2, 0.25) is 5.91 Å². The Labute approximate surface area is 174 Å². The largest absolute Gasteiger partial charge is 0.497 e. The van der Waals surface area contributed by atoms with Crippen molar-refractivity contribution in [2.24, 2.45) is 0 Å². The molecule has 1 aliphatic heterocycles. The van der Waals surface area contributed by atoms with Crippen molar-refractivity contribution < 1.29 is 14.3 Å². The van der Waals surface area contributed by atoms with Gasteiger partial charge in [-0.15, -0.1) is 0 Å². The lowest BCUT2D eigenvalue weighted by atomic mass is 10.0. The van der Waals surface area contributed by atoms with Crippen LogP contribution in [0.4, 0.5) is 0 Å². The van der Waals surface area contributed by atoms with E-state index < -0.39 is 0 Å². The van der Waals surface area contributed by atoms with E-state index in [9.17, 15) is 4.79 Å². The van der Waals surface area contributed by atoms with Gasteiger partial charge in [0, 0.05) is 24.7 Å². The van der Waals surface area contributed by atoms with Crippen LogP contribution in [-0.2, 0) is 24.3 Å². The van der Waals surface area contributed by atoms with Gasteiger partial charge in [-0.3, -0.25) is 9.69 Å². The molecule has 29 heavy (non-hydrogen) atoms. The highest BCUT2D eigenvalue weighted by Gasteiger charge is 2.19. The number of nitrogens with one attached hydrogen (secondary N) is 1. The van der Waals surface area contributed by atoms with Gasteiger partial charge in [0.25, 0.3) is 0 Å². The Kier molecular flexibility index (Phi) is 7.53. The number of amides is 1. The molecule has 0 bridgehead atoms. The molecule has 1 amide bonds. The summed E-state index contributed by atoms with van der Waals surface area (Å²) in [6, 6.07) is 14.5. The van der Waals surface area contributed by atoms with Crippen LogP contribution in [0.2, 0.25) is 0 Å². The highest BCUT2D eigenvalue weighted by molar-refractivity contribution is 5.79. The first-order chi connectivity index (χ1) is 14.1. The number of carbonyl (C=O) groups excluding carboxylic acids is 1. The number of benzene rings is 2. The fourth-order valence-electron chi connectivity index (χ4n) is 3.94. The van der Waals surface area contributed by atoms with Crippen LogP contribution in [0.3, 0.4) is 0 Å². The smallest absolute Gasteiger partial charge is 0.224 e. The lowest BCUT2D eigenvalue weighted by molar-refractivity contribution is -0.120. The second kappa shape index (κ2) is 10.3. The Hall–Kier alpha value is -2.53. The number of rotatable bonds is 8. The topological polar surface area (TPSA) is 50.8 Å². The van der Waals surface area contributed by atoms with E-state index in [1.54, 1.807) is 14.2 Å².